The average Bonchev–Trinajstić information content (AvgIpc) is 2.86. The van der Waals surface area contributed by atoms with Gasteiger partial charge in [0.2, 0.25) is 0 Å². The minimum atomic E-state index is -4.58. The molecule has 2 aromatic rings. The smallest absolute Gasteiger partial charge is 0.416 e. The Morgan fingerprint density at radius 1 is 0.943 bits per heavy atom. The molecule has 0 saturated heterocycles. The molecule has 0 amide bonds. The van der Waals surface area contributed by atoms with Crippen molar-refractivity contribution in [3.8, 4) is 11.5 Å². The number of nitrogens with zero attached hydrogens (tertiary/aromatic N) is 1. The SMILES string of the molecule is CCOc1c(OC)cccc1C1C(C(=O)OC)=CN(c2cccc(C(F)(F)F)c2)C=C1C(=O)OC. The minimum absolute atomic E-state index is 0.0120. The Balaban J connectivity index is 2.26. The highest BCUT2D eigenvalue weighted by Gasteiger charge is 2.38. The number of esters is 2. The molecule has 1 aliphatic heterocycles. The standard InChI is InChI=1S/C25H24F3NO6/c1-5-35-22-17(10-7-11-20(22)32-2)21-18(23(30)33-3)13-29(14-19(21)24(31)34-4)16-9-6-8-15(12-16)25(26,27)28/h6-14,21H,5H2,1-4H3. The number of carbonyl (C=O) groups excluding carboxylic acids is 2. The first-order valence-electron chi connectivity index (χ1n) is 10.5. The van der Waals surface area contributed by atoms with Gasteiger partial charge >= 0.3 is 18.1 Å². The highest BCUT2D eigenvalue weighted by molar-refractivity contribution is 6.00. The monoisotopic (exact) mass is 491 g/mol. The molecular weight excluding hydrogens is 467 g/mol. The quantitative estimate of drug-likeness (QED) is 0.514. The zero-order valence-corrected chi connectivity index (χ0v) is 19.5. The summed E-state index contributed by atoms with van der Waals surface area (Å²) in [6, 6.07) is 9.48. The first-order chi connectivity index (χ1) is 16.7. The third-order valence-corrected chi connectivity index (χ3v) is 5.32. The van der Waals surface area contributed by atoms with Crippen molar-refractivity contribution in [1.29, 1.82) is 0 Å². The van der Waals surface area contributed by atoms with Gasteiger partial charge in [-0.05, 0) is 31.2 Å². The maximum absolute atomic E-state index is 13.3. The largest absolute Gasteiger partial charge is 0.493 e. The molecule has 0 unspecified atom stereocenters. The second-order valence-electron chi connectivity index (χ2n) is 7.35. The van der Waals surface area contributed by atoms with Gasteiger partial charge in [0, 0.05) is 23.7 Å². The summed E-state index contributed by atoms with van der Waals surface area (Å²) in [5.74, 6) is -1.90. The van der Waals surface area contributed by atoms with Crippen LogP contribution in [0.2, 0.25) is 0 Å². The van der Waals surface area contributed by atoms with Crippen molar-refractivity contribution in [3.63, 3.8) is 0 Å². The zero-order valence-electron chi connectivity index (χ0n) is 19.5. The number of carbonyl (C=O) groups is 2. The van der Waals surface area contributed by atoms with Crippen LogP contribution >= 0.6 is 0 Å². The van der Waals surface area contributed by atoms with E-state index in [1.54, 1.807) is 25.1 Å². The van der Waals surface area contributed by atoms with Crippen LogP contribution in [0.4, 0.5) is 18.9 Å². The fourth-order valence-corrected chi connectivity index (χ4v) is 3.78. The highest BCUT2D eigenvalue weighted by atomic mass is 19.4. The topological polar surface area (TPSA) is 74.3 Å². The van der Waals surface area contributed by atoms with E-state index < -0.39 is 29.6 Å². The number of ether oxygens (including phenoxy) is 4. The highest BCUT2D eigenvalue weighted by Crippen LogP contribution is 2.45. The second kappa shape index (κ2) is 10.5. The summed E-state index contributed by atoms with van der Waals surface area (Å²) >= 11 is 0. The Hall–Kier alpha value is -3.95. The van der Waals surface area contributed by atoms with Crippen molar-refractivity contribution < 1.29 is 41.7 Å². The molecule has 0 aromatic heterocycles. The summed E-state index contributed by atoms with van der Waals surface area (Å²) in [4.78, 5) is 27.0. The number of halogens is 3. The summed E-state index contributed by atoms with van der Waals surface area (Å²) < 4.78 is 61.0. The fraction of sp³-hybridized carbons (Fsp3) is 0.280. The normalized spacial score (nSPS) is 14.1. The zero-order chi connectivity index (χ0) is 25.8. The predicted octanol–water partition coefficient (Wildman–Crippen LogP) is 4.83. The number of methoxy groups -OCH3 is 3. The minimum Gasteiger partial charge on any atom is -0.493 e. The molecule has 0 N–H and O–H groups in total. The second-order valence-corrected chi connectivity index (χ2v) is 7.35. The first-order valence-corrected chi connectivity index (χ1v) is 10.5. The molecule has 0 atom stereocenters. The molecule has 10 heteroatoms. The molecule has 0 fully saturated rings. The Morgan fingerprint density at radius 2 is 1.54 bits per heavy atom. The van der Waals surface area contributed by atoms with Crippen molar-refractivity contribution >= 4 is 17.6 Å². The lowest BCUT2D eigenvalue weighted by Crippen LogP contribution is -2.29. The molecule has 186 valence electrons. The molecule has 0 radical (unpaired) electrons. The summed E-state index contributed by atoms with van der Waals surface area (Å²) in [6.45, 7) is 2.03. The van der Waals surface area contributed by atoms with Crippen LogP contribution in [0.1, 0.15) is 24.0 Å². The number of benzene rings is 2. The van der Waals surface area contributed by atoms with E-state index in [0.29, 0.717) is 17.1 Å². The van der Waals surface area contributed by atoms with Crippen LogP contribution in [0.5, 0.6) is 11.5 Å². The summed E-state index contributed by atoms with van der Waals surface area (Å²) in [7, 11) is 3.78. The third-order valence-electron chi connectivity index (χ3n) is 5.32. The number of para-hydroxylation sites is 1. The van der Waals surface area contributed by atoms with E-state index in [1.807, 2.05) is 0 Å². The van der Waals surface area contributed by atoms with Crippen LogP contribution in [0.15, 0.2) is 66.0 Å². The van der Waals surface area contributed by atoms with Crippen LogP contribution in [-0.4, -0.2) is 39.9 Å². The first kappa shape index (κ1) is 25.7. The predicted molar refractivity (Wildman–Crippen MR) is 121 cm³/mol. The Bertz CT molecular complexity index is 1140. The van der Waals surface area contributed by atoms with E-state index in [9.17, 15) is 22.8 Å². The molecular formula is C25H24F3NO6. The van der Waals surface area contributed by atoms with Gasteiger partial charge in [-0.2, -0.15) is 13.2 Å². The lowest BCUT2D eigenvalue weighted by atomic mass is 9.82. The molecule has 1 heterocycles. The molecule has 0 spiro atoms. The average molecular weight is 491 g/mol. The Kier molecular flexibility index (Phi) is 7.73. The molecule has 0 bridgehead atoms. The van der Waals surface area contributed by atoms with Gasteiger partial charge < -0.3 is 23.8 Å². The van der Waals surface area contributed by atoms with E-state index in [4.69, 9.17) is 18.9 Å². The Labute approximate surface area is 200 Å². The molecule has 0 aliphatic carbocycles. The lowest BCUT2D eigenvalue weighted by molar-refractivity contribution is -0.138. The Morgan fingerprint density at radius 3 is 2.06 bits per heavy atom. The fourth-order valence-electron chi connectivity index (χ4n) is 3.78. The molecule has 35 heavy (non-hydrogen) atoms. The van der Waals surface area contributed by atoms with Crippen molar-refractivity contribution in [1.82, 2.24) is 0 Å². The number of anilines is 1. The van der Waals surface area contributed by atoms with Crippen LogP contribution in [-0.2, 0) is 25.2 Å². The molecule has 3 rings (SSSR count). The van der Waals surface area contributed by atoms with Crippen molar-refractivity contribution in [3.05, 3.63) is 77.1 Å². The molecule has 7 nitrogen and oxygen atoms in total. The third kappa shape index (κ3) is 5.26. The maximum atomic E-state index is 13.3. The van der Waals surface area contributed by atoms with E-state index >= 15 is 0 Å². The number of hydrogen-bond donors (Lipinski definition) is 0. The summed E-state index contributed by atoms with van der Waals surface area (Å²) in [6.07, 6.45) is -1.92. The van der Waals surface area contributed by atoms with E-state index in [1.165, 1.54) is 50.8 Å². The van der Waals surface area contributed by atoms with Crippen LogP contribution in [0.3, 0.4) is 0 Å². The molecule has 1 aliphatic rings. The van der Waals surface area contributed by atoms with Crippen LogP contribution < -0.4 is 14.4 Å². The van der Waals surface area contributed by atoms with Gasteiger partial charge in [-0.1, -0.05) is 18.2 Å². The van der Waals surface area contributed by atoms with Gasteiger partial charge in [-0.25, -0.2) is 9.59 Å². The van der Waals surface area contributed by atoms with Gasteiger partial charge in [0.1, 0.15) is 0 Å². The maximum Gasteiger partial charge on any atom is 0.416 e. The molecule has 0 saturated carbocycles. The molecule has 2 aromatic carbocycles. The number of alkyl halides is 3. The number of rotatable bonds is 7. The van der Waals surface area contributed by atoms with Gasteiger partial charge in [-0.15, -0.1) is 0 Å². The van der Waals surface area contributed by atoms with Gasteiger partial charge in [0.15, 0.2) is 11.5 Å². The summed E-state index contributed by atoms with van der Waals surface area (Å²) in [5.41, 5.74) is -0.409. The van der Waals surface area contributed by atoms with Crippen molar-refractivity contribution in [2.45, 2.75) is 19.0 Å². The lowest BCUT2D eigenvalue weighted by Gasteiger charge is -2.31. The summed E-state index contributed by atoms with van der Waals surface area (Å²) in [5, 5.41) is 0. The number of hydrogen-bond acceptors (Lipinski definition) is 7. The van der Waals surface area contributed by atoms with Crippen molar-refractivity contribution in [2.24, 2.45) is 0 Å². The van der Waals surface area contributed by atoms with E-state index in [0.717, 1.165) is 12.1 Å². The van der Waals surface area contributed by atoms with Gasteiger partial charge in [-0.3, -0.25) is 0 Å². The van der Waals surface area contributed by atoms with Crippen molar-refractivity contribution in [2.75, 3.05) is 32.8 Å². The van der Waals surface area contributed by atoms with Gasteiger partial charge in [0.05, 0.1) is 50.6 Å². The van der Waals surface area contributed by atoms with E-state index in [-0.39, 0.29) is 23.4 Å². The van der Waals surface area contributed by atoms with Crippen LogP contribution in [0, 0.1) is 0 Å². The van der Waals surface area contributed by atoms with Gasteiger partial charge in [0.25, 0.3) is 0 Å². The van der Waals surface area contributed by atoms with E-state index in [2.05, 4.69) is 0 Å². The van der Waals surface area contributed by atoms with Crippen LogP contribution in [0.25, 0.3) is 0 Å².